The van der Waals surface area contributed by atoms with E-state index >= 15 is 0 Å². The van der Waals surface area contributed by atoms with E-state index in [1.807, 2.05) is 0 Å². The van der Waals surface area contributed by atoms with Crippen molar-refractivity contribution in [2.24, 2.45) is 11.7 Å². The average molecular weight is 283 g/mol. The van der Waals surface area contributed by atoms with Gasteiger partial charge in [-0.3, -0.25) is 0 Å². The highest BCUT2D eigenvalue weighted by Gasteiger charge is 2.35. The maximum absolute atomic E-state index is 9.92. The SMILES string of the molecule is Cl.N[C@@H](c1c(Cl)cccc1Cl)[C@H](O)C1CC1. The molecule has 5 heteroatoms. The molecule has 0 radical (unpaired) electrons. The zero-order valence-corrected chi connectivity index (χ0v) is 10.9. The standard InChI is InChI=1S/C11H13Cl2NO.ClH/c12-7-2-1-3-8(13)9(7)10(14)11(15)6-4-5-6;/h1-3,6,10-11,15H,4-5,14H2;1H/t10-,11+;/m0./s1. The van der Waals surface area contributed by atoms with Crippen molar-refractivity contribution < 1.29 is 5.11 Å². The van der Waals surface area contributed by atoms with Crippen LogP contribution in [0.3, 0.4) is 0 Å². The highest BCUT2D eigenvalue weighted by Crippen LogP contribution is 2.40. The molecule has 0 saturated heterocycles. The first-order valence-electron chi connectivity index (χ1n) is 4.99. The molecule has 3 N–H and O–H groups in total. The third-order valence-corrected chi connectivity index (χ3v) is 3.47. The van der Waals surface area contributed by atoms with Crippen LogP contribution in [0.5, 0.6) is 0 Å². The summed E-state index contributed by atoms with van der Waals surface area (Å²) in [4.78, 5) is 0. The van der Waals surface area contributed by atoms with Gasteiger partial charge >= 0.3 is 0 Å². The molecule has 2 nitrogen and oxygen atoms in total. The summed E-state index contributed by atoms with van der Waals surface area (Å²) in [5.74, 6) is 0.312. The molecule has 16 heavy (non-hydrogen) atoms. The van der Waals surface area contributed by atoms with Crippen molar-refractivity contribution in [1.82, 2.24) is 0 Å². The fourth-order valence-electron chi connectivity index (χ4n) is 1.73. The molecule has 90 valence electrons. The molecular formula is C11H14Cl3NO. The molecule has 1 aliphatic rings. The number of benzene rings is 1. The molecule has 1 aliphatic carbocycles. The Kier molecular flexibility index (Phi) is 4.89. The normalized spacial score (nSPS) is 18.8. The zero-order valence-electron chi connectivity index (χ0n) is 8.57. The molecule has 0 heterocycles. The second-order valence-electron chi connectivity index (χ2n) is 3.99. The topological polar surface area (TPSA) is 46.2 Å². The number of rotatable bonds is 3. The van der Waals surface area contributed by atoms with Crippen molar-refractivity contribution in [3.05, 3.63) is 33.8 Å². The average Bonchev–Trinajstić information content (AvgIpc) is 2.99. The lowest BCUT2D eigenvalue weighted by Gasteiger charge is -2.20. The molecule has 2 atom stereocenters. The summed E-state index contributed by atoms with van der Waals surface area (Å²) in [7, 11) is 0. The van der Waals surface area contributed by atoms with Gasteiger partial charge in [-0.25, -0.2) is 0 Å². The van der Waals surface area contributed by atoms with E-state index < -0.39 is 12.1 Å². The van der Waals surface area contributed by atoms with Gasteiger partial charge in [0.1, 0.15) is 0 Å². The number of aliphatic hydroxyl groups is 1. The molecule has 0 bridgehead atoms. The lowest BCUT2D eigenvalue weighted by atomic mass is 9.99. The summed E-state index contributed by atoms with van der Waals surface area (Å²) in [5.41, 5.74) is 6.62. The largest absolute Gasteiger partial charge is 0.391 e. The molecule has 0 amide bonds. The Morgan fingerprint density at radius 3 is 2.19 bits per heavy atom. The van der Waals surface area contributed by atoms with Crippen molar-refractivity contribution in [1.29, 1.82) is 0 Å². The van der Waals surface area contributed by atoms with Gasteiger partial charge in [0.05, 0.1) is 12.1 Å². The Morgan fingerprint density at radius 1 is 1.25 bits per heavy atom. The Balaban J connectivity index is 0.00000128. The molecule has 2 rings (SSSR count). The first kappa shape index (κ1) is 14.1. The molecule has 1 aromatic rings. The minimum Gasteiger partial charge on any atom is -0.391 e. The second-order valence-corrected chi connectivity index (χ2v) is 4.80. The predicted octanol–water partition coefficient (Wildman–Crippen LogP) is 3.19. The second kappa shape index (κ2) is 5.56. The van der Waals surface area contributed by atoms with E-state index in [0.717, 1.165) is 12.8 Å². The van der Waals surface area contributed by atoms with Crippen LogP contribution in [-0.2, 0) is 0 Å². The summed E-state index contributed by atoms with van der Waals surface area (Å²) < 4.78 is 0. The quantitative estimate of drug-likeness (QED) is 0.894. The third kappa shape index (κ3) is 2.82. The van der Waals surface area contributed by atoms with E-state index in [4.69, 9.17) is 28.9 Å². The Bertz CT molecular complexity index is 348. The maximum atomic E-state index is 9.92. The lowest BCUT2D eigenvalue weighted by Crippen LogP contribution is -2.28. The lowest BCUT2D eigenvalue weighted by molar-refractivity contribution is 0.122. The van der Waals surface area contributed by atoms with Gasteiger partial charge in [-0.2, -0.15) is 0 Å². The zero-order chi connectivity index (χ0) is 11.0. The van der Waals surface area contributed by atoms with Crippen molar-refractivity contribution in [2.75, 3.05) is 0 Å². The van der Waals surface area contributed by atoms with Crippen LogP contribution in [0.1, 0.15) is 24.4 Å². The number of aliphatic hydroxyl groups excluding tert-OH is 1. The van der Waals surface area contributed by atoms with Crippen LogP contribution >= 0.6 is 35.6 Å². The third-order valence-electron chi connectivity index (χ3n) is 2.81. The highest BCUT2D eigenvalue weighted by atomic mass is 35.5. The van der Waals surface area contributed by atoms with Crippen LogP contribution < -0.4 is 5.73 Å². The maximum Gasteiger partial charge on any atom is 0.0761 e. The van der Waals surface area contributed by atoms with Crippen LogP contribution in [0, 0.1) is 5.92 Å². The van der Waals surface area contributed by atoms with Crippen LogP contribution in [0.2, 0.25) is 10.0 Å². The van der Waals surface area contributed by atoms with E-state index in [1.165, 1.54) is 0 Å². The molecule has 1 saturated carbocycles. The smallest absolute Gasteiger partial charge is 0.0761 e. The molecule has 0 spiro atoms. The fourth-order valence-corrected chi connectivity index (χ4v) is 2.38. The first-order chi connectivity index (χ1) is 7.11. The highest BCUT2D eigenvalue weighted by molar-refractivity contribution is 6.36. The van der Waals surface area contributed by atoms with Gasteiger partial charge in [0.25, 0.3) is 0 Å². The fraction of sp³-hybridized carbons (Fsp3) is 0.455. The molecule has 1 fully saturated rings. The number of halogens is 3. The van der Waals surface area contributed by atoms with E-state index in [0.29, 0.717) is 21.5 Å². The first-order valence-corrected chi connectivity index (χ1v) is 5.74. The molecule has 0 unspecified atom stereocenters. The summed E-state index contributed by atoms with van der Waals surface area (Å²) >= 11 is 12.0. The van der Waals surface area contributed by atoms with Crippen LogP contribution in [-0.4, -0.2) is 11.2 Å². The molecule has 0 aliphatic heterocycles. The van der Waals surface area contributed by atoms with E-state index in [-0.39, 0.29) is 12.4 Å². The van der Waals surface area contributed by atoms with E-state index in [9.17, 15) is 5.11 Å². The van der Waals surface area contributed by atoms with Gasteiger partial charge in [0.2, 0.25) is 0 Å². The van der Waals surface area contributed by atoms with Crippen LogP contribution in [0.15, 0.2) is 18.2 Å². The van der Waals surface area contributed by atoms with Gasteiger partial charge in [0, 0.05) is 15.6 Å². The molecular weight excluding hydrogens is 268 g/mol. The summed E-state index contributed by atoms with van der Waals surface area (Å²) in [6, 6.07) is 4.76. The van der Waals surface area contributed by atoms with Gasteiger partial charge in [-0.05, 0) is 30.9 Å². The number of hydrogen-bond acceptors (Lipinski definition) is 2. The van der Waals surface area contributed by atoms with Crippen molar-refractivity contribution in [3.63, 3.8) is 0 Å². The van der Waals surface area contributed by atoms with Gasteiger partial charge in [-0.1, -0.05) is 29.3 Å². The Labute approximate surface area is 111 Å². The number of nitrogens with two attached hydrogens (primary N) is 1. The van der Waals surface area contributed by atoms with Gasteiger partial charge in [0.15, 0.2) is 0 Å². The van der Waals surface area contributed by atoms with Crippen LogP contribution in [0.4, 0.5) is 0 Å². The summed E-state index contributed by atoms with van der Waals surface area (Å²) in [6.45, 7) is 0. The summed E-state index contributed by atoms with van der Waals surface area (Å²) in [5, 5.41) is 11.0. The Morgan fingerprint density at radius 2 is 1.75 bits per heavy atom. The number of hydrogen-bond donors (Lipinski definition) is 2. The van der Waals surface area contributed by atoms with Crippen molar-refractivity contribution >= 4 is 35.6 Å². The van der Waals surface area contributed by atoms with Crippen LogP contribution in [0.25, 0.3) is 0 Å². The summed E-state index contributed by atoms with van der Waals surface area (Å²) in [6.07, 6.45) is 1.54. The molecule has 0 aromatic heterocycles. The van der Waals surface area contributed by atoms with E-state index in [1.54, 1.807) is 18.2 Å². The van der Waals surface area contributed by atoms with Crippen molar-refractivity contribution in [3.8, 4) is 0 Å². The molecule has 1 aromatic carbocycles. The predicted molar refractivity (Wildman–Crippen MR) is 69.4 cm³/mol. The Hall–Kier alpha value is 0.01000. The minimum atomic E-state index is -0.539. The van der Waals surface area contributed by atoms with E-state index in [2.05, 4.69) is 0 Å². The monoisotopic (exact) mass is 281 g/mol. The van der Waals surface area contributed by atoms with Gasteiger partial charge in [-0.15, -0.1) is 12.4 Å². The van der Waals surface area contributed by atoms with Crippen molar-refractivity contribution in [2.45, 2.75) is 25.0 Å². The van der Waals surface area contributed by atoms with Gasteiger partial charge < -0.3 is 10.8 Å². The minimum absolute atomic E-state index is 0.